The number of aromatic nitrogens is 6. The zero-order valence-electron chi connectivity index (χ0n) is 19.5. The summed E-state index contributed by atoms with van der Waals surface area (Å²) in [5, 5.41) is 9.19. The molecule has 0 atom stereocenters. The standard InChI is InChI=1S/C24H29N7O2/c1-15(2)31-14-21(23-29-28-16(3)33-23)20-13-26-18(12-22(20)31)11-17-5-8-25-24(27-17)30-9-6-19(32-4)7-10-30/h5,8,12-15,19H,6-7,9-11H2,1-4H3. The van der Waals surface area contributed by atoms with E-state index in [2.05, 4.69) is 50.8 Å². The van der Waals surface area contributed by atoms with Crippen molar-refractivity contribution < 1.29 is 9.15 Å². The second kappa shape index (κ2) is 8.90. The van der Waals surface area contributed by atoms with Gasteiger partial charge in [-0.3, -0.25) is 4.98 Å². The van der Waals surface area contributed by atoms with E-state index in [9.17, 15) is 0 Å². The number of fused-ring (bicyclic) bond motifs is 1. The Labute approximate surface area is 192 Å². The molecule has 0 N–H and O–H groups in total. The normalized spacial score (nSPS) is 15.1. The summed E-state index contributed by atoms with van der Waals surface area (Å²) in [5.41, 5.74) is 3.91. The van der Waals surface area contributed by atoms with Crippen LogP contribution in [-0.4, -0.2) is 56.0 Å². The highest BCUT2D eigenvalue weighted by atomic mass is 16.5. The molecule has 1 aliphatic rings. The van der Waals surface area contributed by atoms with Gasteiger partial charge in [-0.05, 0) is 38.8 Å². The molecule has 0 unspecified atom stereocenters. The van der Waals surface area contributed by atoms with E-state index in [1.165, 1.54) is 0 Å². The van der Waals surface area contributed by atoms with Gasteiger partial charge in [0.2, 0.25) is 17.7 Å². The van der Waals surface area contributed by atoms with Gasteiger partial charge in [0, 0.05) is 69.3 Å². The molecule has 0 bridgehead atoms. The fraction of sp³-hybridized carbons (Fsp3) is 0.458. The van der Waals surface area contributed by atoms with Crippen LogP contribution < -0.4 is 4.90 Å². The summed E-state index contributed by atoms with van der Waals surface area (Å²) in [6.45, 7) is 7.93. The van der Waals surface area contributed by atoms with Crippen molar-refractivity contribution in [3.8, 4) is 11.5 Å². The summed E-state index contributed by atoms with van der Waals surface area (Å²) in [6.07, 6.45) is 8.77. The van der Waals surface area contributed by atoms with Gasteiger partial charge in [-0.25, -0.2) is 9.97 Å². The molecule has 1 saturated heterocycles. The van der Waals surface area contributed by atoms with Gasteiger partial charge in [0.25, 0.3) is 0 Å². The monoisotopic (exact) mass is 447 g/mol. The molecular weight excluding hydrogens is 418 g/mol. The summed E-state index contributed by atoms with van der Waals surface area (Å²) >= 11 is 0. The summed E-state index contributed by atoms with van der Waals surface area (Å²) in [7, 11) is 1.78. The van der Waals surface area contributed by atoms with Crippen molar-refractivity contribution in [2.45, 2.75) is 52.2 Å². The third kappa shape index (κ3) is 4.32. The Morgan fingerprint density at radius 3 is 2.67 bits per heavy atom. The van der Waals surface area contributed by atoms with Crippen LogP contribution in [-0.2, 0) is 11.2 Å². The third-order valence-corrected chi connectivity index (χ3v) is 6.21. The van der Waals surface area contributed by atoms with Crippen molar-refractivity contribution >= 4 is 16.9 Å². The maximum Gasteiger partial charge on any atom is 0.249 e. The Kier molecular flexibility index (Phi) is 5.80. The van der Waals surface area contributed by atoms with Gasteiger partial charge in [0.05, 0.1) is 22.9 Å². The van der Waals surface area contributed by atoms with Crippen LogP contribution in [0.5, 0.6) is 0 Å². The van der Waals surface area contributed by atoms with Gasteiger partial charge in [0.1, 0.15) is 0 Å². The van der Waals surface area contributed by atoms with Gasteiger partial charge in [0.15, 0.2) is 0 Å². The maximum absolute atomic E-state index is 5.69. The van der Waals surface area contributed by atoms with Crippen LogP contribution in [0, 0.1) is 6.92 Å². The van der Waals surface area contributed by atoms with Crippen LogP contribution in [0.25, 0.3) is 22.4 Å². The number of ether oxygens (including phenoxy) is 1. The van der Waals surface area contributed by atoms with E-state index in [0.717, 1.165) is 59.7 Å². The lowest BCUT2D eigenvalue weighted by Gasteiger charge is -2.31. The number of nitrogens with zero attached hydrogens (tertiary/aromatic N) is 7. The Bertz CT molecular complexity index is 1250. The van der Waals surface area contributed by atoms with Gasteiger partial charge in [-0.15, -0.1) is 10.2 Å². The van der Waals surface area contributed by atoms with Gasteiger partial charge in [-0.2, -0.15) is 0 Å². The minimum absolute atomic E-state index is 0.279. The molecule has 0 amide bonds. The number of aryl methyl sites for hydroxylation is 1. The van der Waals surface area contributed by atoms with Crippen molar-refractivity contribution in [2.75, 3.05) is 25.1 Å². The molecule has 4 aromatic rings. The van der Waals surface area contributed by atoms with Gasteiger partial charge >= 0.3 is 0 Å². The number of methoxy groups -OCH3 is 1. The molecule has 0 spiro atoms. The Hall–Kier alpha value is -3.33. The molecule has 9 heteroatoms. The van der Waals surface area contributed by atoms with Gasteiger partial charge in [-0.1, -0.05) is 0 Å². The molecule has 5 rings (SSSR count). The first-order valence-electron chi connectivity index (χ1n) is 11.4. The van der Waals surface area contributed by atoms with Crippen molar-refractivity contribution in [1.82, 2.24) is 29.7 Å². The predicted octanol–water partition coefficient (Wildman–Crippen LogP) is 3.97. The lowest BCUT2D eigenvalue weighted by molar-refractivity contribution is 0.0816. The molecule has 0 aromatic carbocycles. The average molecular weight is 448 g/mol. The Morgan fingerprint density at radius 1 is 1.15 bits per heavy atom. The van der Waals surface area contributed by atoms with Crippen LogP contribution in [0.1, 0.15) is 50.0 Å². The number of anilines is 1. The number of hydrogen-bond acceptors (Lipinski definition) is 8. The third-order valence-electron chi connectivity index (χ3n) is 6.21. The van der Waals surface area contributed by atoms with Crippen molar-refractivity contribution in [1.29, 1.82) is 0 Å². The molecule has 4 aromatic heterocycles. The highest BCUT2D eigenvalue weighted by molar-refractivity contribution is 5.93. The van der Waals surface area contributed by atoms with E-state index in [0.29, 0.717) is 24.3 Å². The fourth-order valence-corrected chi connectivity index (χ4v) is 4.40. The van der Waals surface area contributed by atoms with Crippen LogP contribution >= 0.6 is 0 Å². The van der Waals surface area contributed by atoms with Crippen LogP contribution in [0.4, 0.5) is 5.95 Å². The molecule has 1 fully saturated rings. The number of hydrogen-bond donors (Lipinski definition) is 0. The maximum atomic E-state index is 5.69. The summed E-state index contributed by atoms with van der Waals surface area (Å²) < 4.78 is 13.4. The lowest BCUT2D eigenvalue weighted by Crippen LogP contribution is -2.37. The highest BCUT2D eigenvalue weighted by Crippen LogP contribution is 2.32. The highest BCUT2D eigenvalue weighted by Gasteiger charge is 2.21. The molecule has 0 radical (unpaired) electrons. The first-order chi connectivity index (χ1) is 16.0. The van der Waals surface area contributed by atoms with E-state index < -0.39 is 0 Å². The van der Waals surface area contributed by atoms with Crippen LogP contribution in [0.3, 0.4) is 0 Å². The number of rotatable bonds is 6. The largest absolute Gasteiger partial charge is 0.421 e. The summed E-state index contributed by atoms with van der Waals surface area (Å²) in [5.74, 6) is 1.85. The zero-order valence-corrected chi connectivity index (χ0v) is 19.5. The zero-order chi connectivity index (χ0) is 22.9. The van der Waals surface area contributed by atoms with Gasteiger partial charge < -0.3 is 18.6 Å². The molecule has 5 heterocycles. The topological polar surface area (TPSA) is 95.0 Å². The molecule has 172 valence electrons. The number of pyridine rings is 1. The van der Waals surface area contributed by atoms with E-state index in [4.69, 9.17) is 19.1 Å². The molecular formula is C24H29N7O2. The molecule has 0 saturated carbocycles. The van der Waals surface area contributed by atoms with Crippen molar-refractivity contribution in [3.05, 3.63) is 48.0 Å². The molecule has 9 nitrogen and oxygen atoms in total. The SMILES string of the molecule is COC1CCN(c2nccc(Cc3cc4c(cn3)c(-c3nnc(C)o3)cn4C(C)C)n2)CC1. The summed E-state index contributed by atoms with van der Waals surface area (Å²) in [6, 6.07) is 4.38. The van der Waals surface area contributed by atoms with E-state index in [1.54, 1.807) is 14.0 Å². The van der Waals surface area contributed by atoms with E-state index in [1.807, 2.05) is 18.5 Å². The Balaban J connectivity index is 1.42. The second-order valence-corrected chi connectivity index (χ2v) is 8.81. The second-order valence-electron chi connectivity index (χ2n) is 8.81. The van der Waals surface area contributed by atoms with E-state index >= 15 is 0 Å². The minimum atomic E-state index is 0.279. The predicted molar refractivity (Wildman–Crippen MR) is 125 cm³/mol. The quantitative estimate of drug-likeness (QED) is 0.438. The van der Waals surface area contributed by atoms with Crippen LogP contribution in [0.15, 0.2) is 35.1 Å². The Morgan fingerprint density at radius 2 is 1.97 bits per heavy atom. The molecule has 1 aliphatic heterocycles. The van der Waals surface area contributed by atoms with Crippen LogP contribution in [0.2, 0.25) is 0 Å². The minimum Gasteiger partial charge on any atom is -0.421 e. The lowest BCUT2D eigenvalue weighted by atomic mass is 10.1. The van der Waals surface area contributed by atoms with E-state index in [-0.39, 0.29) is 6.04 Å². The van der Waals surface area contributed by atoms with Crippen molar-refractivity contribution in [3.63, 3.8) is 0 Å². The molecule has 33 heavy (non-hydrogen) atoms. The first kappa shape index (κ1) is 21.5. The fourth-order valence-electron chi connectivity index (χ4n) is 4.40. The smallest absolute Gasteiger partial charge is 0.249 e. The molecule has 0 aliphatic carbocycles. The average Bonchev–Trinajstić information content (AvgIpc) is 3.42. The summed E-state index contributed by atoms with van der Waals surface area (Å²) in [4.78, 5) is 16.3. The van der Waals surface area contributed by atoms with Crippen molar-refractivity contribution in [2.24, 2.45) is 0 Å². The first-order valence-corrected chi connectivity index (χ1v) is 11.4. The number of piperidine rings is 1.